The first-order valence-electron chi connectivity index (χ1n) is 4.73. The van der Waals surface area contributed by atoms with Crippen LogP contribution in [0.1, 0.15) is 16.9 Å². The lowest BCUT2D eigenvalue weighted by molar-refractivity contribution is 0.0871. The number of aromatic amines is 1. The standard InChI is InChI=1S/C9H16N4O2/c1-12(2)4-3-8(14)13-9(15)5-7(6-10)11-13/h5,11H,3-4,6,10H2,1-2H3. The Balaban J connectivity index is 2.73. The molecule has 3 N–H and O–H groups in total. The van der Waals surface area contributed by atoms with Crippen molar-refractivity contribution < 1.29 is 4.79 Å². The van der Waals surface area contributed by atoms with E-state index in [0.29, 0.717) is 18.7 Å². The van der Waals surface area contributed by atoms with Gasteiger partial charge in [-0.3, -0.25) is 14.7 Å². The molecule has 84 valence electrons. The van der Waals surface area contributed by atoms with Crippen molar-refractivity contribution in [1.29, 1.82) is 0 Å². The van der Waals surface area contributed by atoms with Crippen LogP contribution in [-0.2, 0) is 6.54 Å². The van der Waals surface area contributed by atoms with Gasteiger partial charge in [0.25, 0.3) is 5.56 Å². The molecule has 15 heavy (non-hydrogen) atoms. The van der Waals surface area contributed by atoms with Gasteiger partial charge in [-0.2, -0.15) is 4.68 Å². The van der Waals surface area contributed by atoms with Gasteiger partial charge in [-0.1, -0.05) is 0 Å². The molecule has 0 spiro atoms. The van der Waals surface area contributed by atoms with Crippen LogP contribution in [0.4, 0.5) is 0 Å². The molecule has 0 aliphatic rings. The van der Waals surface area contributed by atoms with Crippen LogP contribution in [0.2, 0.25) is 0 Å². The van der Waals surface area contributed by atoms with Crippen LogP contribution >= 0.6 is 0 Å². The molecule has 0 bridgehead atoms. The molecule has 0 atom stereocenters. The van der Waals surface area contributed by atoms with Crippen molar-refractivity contribution in [3.63, 3.8) is 0 Å². The molecule has 0 unspecified atom stereocenters. The Morgan fingerprint density at radius 1 is 1.60 bits per heavy atom. The molecule has 0 saturated carbocycles. The number of carbonyl (C=O) groups excluding carboxylic acids is 1. The maximum Gasteiger partial charge on any atom is 0.273 e. The van der Waals surface area contributed by atoms with Crippen molar-refractivity contribution in [1.82, 2.24) is 14.7 Å². The van der Waals surface area contributed by atoms with Crippen molar-refractivity contribution in [2.24, 2.45) is 5.73 Å². The van der Waals surface area contributed by atoms with Gasteiger partial charge in [0.2, 0.25) is 5.91 Å². The number of hydrogen-bond donors (Lipinski definition) is 2. The Morgan fingerprint density at radius 3 is 2.73 bits per heavy atom. The van der Waals surface area contributed by atoms with E-state index in [9.17, 15) is 9.59 Å². The van der Waals surface area contributed by atoms with Gasteiger partial charge in [0.1, 0.15) is 0 Å². The first-order chi connectivity index (χ1) is 7.04. The molecular weight excluding hydrogens is 196 g/mol. The van der Waals surface area contributed by atoms with Crippen LogP contribution in [0, 0.1) is 0 Å². The minimum Gasteiger partial charge on any atom is -0.325 e. The van der Waals surface area contributed by atoms with Crippen molar-refractivity contribution >= 4 is 5.91 Å². The monoisotopic (exact) mass is 212 g/mol. The zero-order chi connectivity index (χ0) is 11.4. The summed E-state index contributed by atoms with van der Waals surface area (Å²) in [6.07, 6.45) is 0.303. The lowest BCUT2D eigenvalue weighted by Crippen LogP contribution is -2.27. The second kappa shape index (κ2) is 4.90. The van der Waals surface area contributed by atoms with Gasteiger partial charge in [0, 0.05) is 25.6 Å². The van der Waals surface area contributed by atoms with E-state index in [0.717, 1.165) is 4.68 Å². The Kier molecular flexibility index (Phi) is 3.81. The number of rotatable bonds is 4. The van der Waals surface area contributed by atoms with Crippen molar-refractivity contribution in [3.8, 4) is 0 Å². The third-order valence-corrected chi connectivity index (χ3v) is 2.02. The minimum absolute atomic E-state index is 0.225. The van der Waals surface area contributed by atoms with Crippen LogP contribution in [0.15, 0.2) is 10.9 Å². The average Bonchev–Trinajstić information content (AvgIpc) is 2.56. The molecule has 0 amide bonds. The number of H-pyrrole nitrogens is 1. The average molecular weight is 212 g/mol. The first-order valence-corrected chi connectivity index (χ1v) is 4.73. The third kappa shape index (κ3) is 3.03. The van der Waals surface area contributed by atoms with E-state index in [1.807, 2.05) is 19.0 Å². The van der Waals surface area contributed by atoms with Crippen molar-refractivity contribution in [2.45, 2.75) is 13.0 Å². The molecule has 1 rings (SSSR count). The molecule has 0 aliphatic carbocycles. The van der Waals surface area contributed by atoms with Crippen LogP contribution in [0.25, 0.3) is 0 Å². The van der Waals surface area contributed by atoms with E-state index in [4.69, 9.17) is 5.73 Å². The lowest BCUT2D eigenvalue weighted by atomic mass is 10.4. The fourth-order valence-electron chi connectivity index (χ4n) is 1.17. The van der Waals surface area contributed by atoms with Crippen LogP contribution in [0.3, 0.4) is 0 Å². The molecular formula is C9H16N4O2. The fraction of sp³-hybridized carbons (Fsp3) is 0.556. The second-order valence-electron chi connectivity index (χ2n) is 3.61. The maximum atomic E-state index is 11.6. The zero-order valence-electron chi connectivity index (χ0n) is 8.99. The Bertz CT molecular complexity index is 391. The normalized spacial score (nSPS) is 10.9. The summed E-state index contributed by atoms with van der Waals surface area (Å²) >= 11 is 0. The summed E-state index contributed by atoms with van der Waals surface area (Å²) in [6, 6.07) is 1.34. The molecule has 6 heteroatoms. The molecule has 0 aliphatic heterocycles. The van der Waals surface area contributed by atoms with Gasteiger partial charge >= 0.3 is 0 Å². The molecule has 6 nitrogen and oxygen atoms in total. The number of nitrogens with one attached hydrogen (secondary N) is 1. The Labute approximate surface area is 87.7 Å². The number of nitrogens with two attached hydrogens (primary N) is 1. The summed E-state index contributed by atoms with van der Waals surface area (Å²) in [5.41, 5.74) is 5.57. The van der Waals surface area contributed by atoms with E-state index in [1.54, 1.807) is 0 Å². The summed E-state index contributed by atoms with van der Waals surface area (Å²) in [5, 5.41) is 2.67. The van der Waals surface area contributed by atoms with Crippen molar-refractivity contribution in [3.05, 3.63) is 22.1 Å². The smallest absolute Gasteiger partial charge is 0.273 e. The summed E-state index contributed by atoms with van der Waals surface area (Å²) in [4.78, 5) is 24.8. The Hall–Kier alpha value is -1.40. The topological polar surface area (TPSA) is 84.1 Å². The highest BCUT2D eigenvalue weighted by Crippen LogP contribution is 1.91. The van der Waals surface area contributed by atoms with Gasteiger partial charge in [-0.15, -0.1) is 0 Å². The quantitative estimate of drug-likeness (QED) is 0.686. The summed E-state index contributed by atoms with van der Waals surface area (Å²) in [5.74, 6) is -0.242. The van der Waals surface area contributed by atoms with Gasteiger partial charge in [0.05, 0.1) is 5.69 Å². The van der Waals surface area contributed by atoms with E-state index < -0.39 is 0 Å². The highest BCUT2D eigenvalue weighted by atomic mass is 16.2. The molecule has 1 aromatic rings. The van der Waals surface area contributed by atoms with Gasteiger partial charge in [0.15, 0.2) is 0 Å². The summed E-state index contributed by atoms with van der Waals surface area (Å²) < 4.78 is 1.01. The van der Waals surface area contributed by atoms with Gasteiger partial charge < -0.3 is 10.6 Å². The predicted octanol–water partition coefficient (Wildman–Crippen LogP) is -0.773. The molecule has 0 fully saturated rings. The second-order valence-corrected chi connectivity index (χ2v) is 3.61. The van der Waals surface area contributed by atoms with Crippen molar-refractivity contribution in [2.75, 3.05) is 20.6 Å². The molecule has 1 aromatic heterocycles. The Morgan fingerprint density at radius 2 is 2.27 bits per heavy atom. The molecule has 0 saturated heterocycles. The summed E-state index contributed by atoms with van der Waals surface area (Å²) in [7, 11) is 3.74. The predicted molar refractivity (Wildman–Crippen MR) is 56.7 cm³/mol. The number of carbonyl (C=O) groups is 1. The van der Waals surface area contributed by atoms with E-state index in [-0.39, 0.29) is 18.0 Å². The highest BCUT2D eigenvalue weighted by Gasteiger charge is 2.10. The zero-order valence-corrected chi connectivity index (χ0v) is 8.99. The van der Waals surface area contributed by atoms with Crippen LogP contribution < -0.4 is 11.3 Å². The fourth-order valence-corrected chi connectivity index (χ4v) is 1.17. The molecule has 1 heterocycles. The number of hydrogen-bond acceptors (Lipinski definition) is 4. The SMILES string of the molecule is CN(C)CCC(=O)n1[nH]c(CN)cc1=O. The van der Waals surface area contributed by atoms with Crippen LogP contribution in [-0.4, -0.2) is 41.2 Å². The number of aromatic nitrogens is 2. The van der Waals surface area contributed by atoms with Gasteiger partial charge in [-0.25, -0.2) is 0 Å². The largest absolute Gasteiger partial charge is 0.325 e. The minimum atomic E-state index is -0.348. The van der Waals surface area contributed by atoms with E-state index in [2.05, 4.69) is 5.10 Å². The first kappa shape index (κ1) is 11.7. The maximum absolute atomic E-state index is 11.6. The van der Waals surface area contributed by atoms with E-state index in [1.165, 1.54) is 6.07 Å². The van der Waals surface area contributed by atoms with Gasteiger partial charge in [-0.05, 0) is 14.1 Å². The summed E-state index contributed by atoms with van der Waals surface area (Å²) in [6.45, 7) is 0.839. The highest BCUT2D eigenvalue weighted by molar-refractivity contribution is 5.78. The number of nitrogens with zero attached hydrogens (tertiary/aromatic N) is 2. The van der Waals surface area contributed by atoms with E-state index >= 15 is 0 Å². The third-order valence-electron chi connectivity index (χ3n) is 2.02. The molecule has 0 radical (unpaired) electrons. The van der Waals surface area contributed by atoms with Crippen LogP contribution in [0.5, 0.6) is 0 Å². The molecule has 0 aromatic carbocycles. The lowest BCUT2D eigenvalue weighted by Gasteiger charge is -2.07.